The molecule has 6 heteroatoms. The first-order valence-electron chi connectivity index (χ1n) is 8.99. The number of hydrogen-bond acceptors (Lipinski definition) is 4. The van der Waals surface area contributed by atoms with Gasteiger partial charge in [-0.1, -0.05) is 41.9 Å². The van der Waals surface area contributed by atoms with Crippen LogP contribution in [0.5, 0.6) is 5.75 Å². The number of nitrogens with zero attached hydrogens (tertiary/aromatic N) is 2. The molecule has 142 valence electrons. The third-order valence-electron chi connectivity index (χ3n) is 4.66. The van der Waals surface area contributed by atoms with Crippen LogP contribution in [-0.4, -0.2) is 23.2 Å². The van der Waals surface area contributed by atoms with Crippen LogP contribution in [0, 0.1) is 6.92 Å². The number of aryl methyl sites for hydroxylation is 1. The van der Waals surface area contributed by atoms with E-state index in [1.165, 1.54) is 5.01 Å². The summed E-state index contributed by atoms with van der Waals surface area (Å²) in [7, 11) is 0. The normalized spacial score (nSPS) is 16.1. The van der Waals surface area contributed by atoms with Gasteiger partial charge in [-0.2, -0.15) is 5.10 Å². The van der Waals surface area contributed by atoms with Crippen molar-refractivity contribution >= 4 is 23.2 Å². The second kappa shape index (κ2) is 7.90. The summed E-state index contributed by atoms with van der Waals surface area (Å²) in [5, 5.41) is 6.69. The second-order valence-electron chi connectivity index (χ2n) is 6.58. The number of para-hydroxylation sites is 1. The first kappa shape index (κ1) is 18.3. The summed E-state index contributed by atoms with van der Waals surface area (Å²) >= 11 is 5.98. The number of hydrogen-bond donors (Lipinski definition) is 0. The largest absolute Gasteiger partial charge is 0.483 e. The van der Waals surface area contributed by atoms with Crippen LogP contribution < -0.4 is 4.74 Å². The highest BCUT2D eigenvalue weighted by atomic mass is 35.5. The molecule has 0 spiro atoms. The average Bonchev–Trinajstić information content (AvgIpc) is 3.37. The lowest BCUT2D eigenvalue weighted by molar-refractivity contribution is -0.135. The van der Waals surface area contributed by atoms with Crippen molar-refractivity contribution in [2.24, 2.45) is 5.10 Å². The Labute approximate surface area is 168 Å². The fourth-order valence-electron chi connectivity index (χ4n) is 3.18. The standard InChI is InChI=1S/C22H19ClN2O3/c1-15-5-2-3-6-20(15)28-14-22(26)25-19(21-7-4-12-27-21)13-18(24-25)16-8-10-17(23)11-9-16/h2-12,19H,13-14H2,1H3/t19-/m1/s1. The van der Waals surface area contributed by atoms with Crippen LogP contribution >= 0.6 is 11.6 Å². The Morgan fingerprint density at radius 2 is 1.96 bits per heavy atom. The molecule has 0 saturated heterocycles. The van der Waals surface area contributed by atoms with E-state index in [1.54, 1.807) is 6.26 Å². The zero-order valence-corrected chi connectivity index (χ0v) is 16.1. The van der Waals surface area contributed by atoms with Crippen LogP contribution in [0.1, 0.15) is 29.3 Å². The van der Waals surface area contributed by atoms with Crippen LogP contribution in [0.25, 0.3) is 0 Å². The van der Waals surface area contributed by atoms with Crippen molar-refractivity contribution < 1.29 is 13.9 Å². The Morgan fingerprint density at radius 3 is 2.68 bits per heavy atom. The van der Waals surface area contributed by atoms with Crippen LogP contribution in [0.4, 0.5) is 0 Å². The Bertz CT molecular complexity index is 997. The molecule has 1 aliphatic heterocycles. The smallest absolute Gasteiger partial charge is 0.281 e. The molecule has 0 bridgehead atoms. The van der Waals surface area contributed by atoms with E-state index >= 15 is 0 Å². The maximum absolute atomic E-state index is 12.9. The topological polar surface area (TPSA) is 55.0 Å². The van der Waals surface area contributed by atoms with Crippen LogP contribution in [-0.2, 0) is 4.79 Å². The van der Waals surface area contributed by atoms with Crippen LogP contribution in [0.2, 0.25) is 5.02 Å². The number of benzene rings is 2. The number of hydrazone groups is 1. The van der Waals surface area contributed by atoms with Crippen molar-refractivity contribution in [3.05, 3.63) is 88.8 Å². The Morgan fingerprint density at radius 1 is 1.18 bits per heavy atom. The number of furan rings is 1. The third kappa shape index (κ3) is 3.80. The van der Waals surface area contributed by atoms with Gasteiger partial charge in [0.2, 0.25) is 0 Å². The molecule has 0 fully saturated rings. The number of rotatable bonds is 5. The predicted molar refractivity (Wildman–Crippen MR) is 108 cm³/mol. The van der Waals surface area contributed by atoms with Gasteiger partial charge in [0.15, 0.2) is 6.61 Å². The maximum atomic E-state index is 12.9. The lowest BCUT2D eigenvalue weighted by atomic mass is 10.0. The maximum Gasteiger partial charge on any atom is 0.281 e. The van der Waals surface area contributed by atoms with Crippen LogP contribution in [0.15, 0.2) is 76.4 Å². The molecule has 0 N–H and O–H groups in total. The first-order valence-corrected chi connectivity index (χ1v) is 9.37. The van der Waals surface area contributed by atoms with Crippen molar-refractivity contribution in [1.82, 2.24) is 5.01 Å². The average molecular weight is 395 g/mol. The number of halogens is 1. The summed E-state index contributed by atoms with van der Waals surface area (Å²) in [6.07, 6.45) is 2.16. The predicted octanol–water partition coefficient (Wildman–Crippen LogP) is 5.00. The summed E-state index contributed by atoms with van der Waals surface area (Å²) in [5.74, 6) is 1.15. The summed E-state index contributed by atoms with van der Waals surface area (Å²) in [4.78, 5) is 12.9. The van der Waals surface area contributed by atoms with Crippen molar-refractivity contribution in [3.8, 4) is 5.75 Å². The van der Waals surface area contributed by atoms with Crippen molar-refractivity contribution in [1.29, 1.82) is 0 Å². The molecule has 2 aromatic carbocycles. The minimum absolute atomic E-state index is 0.0978. The third-order valence-corrected chi connectivity index (χ3v) is 4.91. The van der Waals surface area contributed by atoms with E-state index in [0.29, 0.717) is 23.0 Å². The molecule has 2 heterocycles. The van der Waals surface area contributed by atoms with E-state index in [1.807, 2.05) is 67.6 Å². The van der Waals surface area contributed by atoms with Gasteiger partial charge in [0.1, 0.15) is 17.6 Å². The molecule has 0 aliphatic carbocycles. The molecule has 1 amide bonds. The summed E-state index contributed by atoms with van der Waals surface area (Å²) < 4.78 is 11.3. The van der Waals surface area contributed by atoms with E-state index < -0.39 is 0 Å². The van der Waals surface area contributed by atoms with Gasteiger partial charge in [-0.3, -0.25) is 4.79 Å². The fraction of sp³-hybridized carbons (Fsp3) is 0.182. The quantitative estimate of drug-likeness (QED) is 0.612. The number of carbonyl (C=O) groups is 1. The van der Waals surface area contributed by atoms with Gasteiger partial charge in [-0.05, 0) is 48.4 Å². The highest BCUT2D eigenvalue weighted by Gasteiger charge is 2.35. The molecular weight excluding hydrogens is 376 g/mol. The molecular formula is C22H19ClN2O3. The van der Waals surface area contributed by atoms with Gasteiger partial charge in [-0.25, -0.2) is 5.01 Å². The van der Waals surface area contributed by atoms with E-state index in [4.69, 9.17) is 20.8 Å². The van der Waals surface area contributed by atoms with E-state index in [2.05, 4.69) is 5.10 Å². The molecule has 1 aliphatic rings. The van der Waals surface area contributed by atoms with Gasteiger partial charge in [0.25, 0.3) is 5.91 Å². The number of amides is 1. The minimum Gasteiger partial charge on any atom is -0.483 e. The van der Waals surface area contributed by atoms with Crippen molar-refractivity contribution in [3.63, 3.8) is 0 Å². The van der Waals surface area contributed by atoms with Gasteiger partial charge >= 0.3 is 0 Å². The van der Waals surface area contributed by atoms with Gasteiger partial charge in [-0.15, -0.1) is 0 Å². The zero-order valence-electron chi connectivity index (χ0n) is 15.3. The molecule has 5 nitrogen and oxygen atoms in total. The fourth-order valence-corrected chi connectivity index (χ4v) is 3.31. The molecule has 1 atom stereocenters. The van der Waals surface area contributed by atoms with Crippen LogP contribution in [0.3, 0.4) is 0 Å². The first-order chi connectivity index (χ1) is 13.6. The van der Waals surface area contributed by atoms with Gasteiger partial charge in [0.05, 0.1) is 12.0 Å². The van der Waals surface area contributed by atoms with Gasteiger partial charge in [0, 0.05) is 11.4 Å². The lowest BCUT2D eigenvalue weighted by Gasteiger charge is -2.20. The highest BCUT2D eigenvalue weighted by Crippen LogP contribution is 2.33. The summed E-state index contributed by atoms with van der Waals surface area (Å²) in [5.41, 5.74) is 2.71. The number of carbonyl (C=O) groups excluding carboxylic acids is 1. The molecule has 28 heavy (non-hydrogen) atoms. The minimum atomic E-state index is -0.298. The van der Waals surface area contributed by atoms with E-state index in [0.717, 1.165) is 16.8 Å². The molecule has 0 saturated carbocycles. The molecule has 1 aromatic heterocycles. The SMILES string of the molecule is Cc1ccccc1OCC(=O)N1N=C(c2ccc(Cl)cc2)C[C@@H]1c1ccco1. The number of ether oxygens (including phenoxy) is 1. The zero-order chi connectivity index (χ0) is 19.5. The summed E-state index contributed by atoms with van der Waals surface area (Å²) in [6, 6.07) is 18.4. The molecule has 0 radical (unpaired) electrons. The van der Waals surface area contributed by atoms with E-state index in [-0.39, 0.29) is 18.6 Å². The Kier molecular flexibility index (Phi) is 5.17. The van der Waals surface area contributed by atoms with E-state index in [9.17, 15) is 4.79 Å². The highest BCUT2D eigenvalue weighted by molar-refractivity contribution is 6.30. The second-order valence-corrected chi connectivity index (χ2v) is 7.02. The molecule has 0 unspecified atom stereocenters. The monoisotopic (exact) mass is 394 g/mol. The lowest BCUT2D eigenvalue weighted by Crippen LogP contribution is -2.31. The Hall–Kier alpha value is -3.05. The molecule has 4 rings (SSSR count). The Balaban J connectivity index is 1.56. The van der Waals surface area contributed by atoms with Crippen molar-refractivity contribution in [2.75, 3.05) is 6.61 Å². The van der Waals surface area contributed by atoms with Gasteiger partial charge < -0.3 is 9.15 Å². The van der Waals surface area contributed by atoms with Crippen molar-refractivity contribution in [2.45, 2.75) is 19.4 Å². The summed E-state index contributed by atoms with van der Waals surface area (Å²) in [6.45, 7) is 1.84. The molecule has 3 aromatic rings.